The van der Waals surface area contributed by atoms with E-state index in [2.05, 4.69) is 10.3 Å². The van der Waals surface area contributed by atoms with Gasteiger partial charge in [0, 0.05) is 18.4 Å². The Hall–Kier alpha value is -3.42. The Morgan fingerprint density at radius 1 is 0.963 bits per heavy atom. The molecule has 3 aliphatic heterocycles. The van der Waals surface area contributed by atoms with Crippen LogP contribution >= 0.6 is 0 Å². The lowest BCUT2D eigenvalue weighted by Crippen LogP contribution is -2.09. The third kappa shape index (κ3) is 2.88. The van der Waals surface area contributed by atoms with Crippen molar-refractivity contribution in [1.29, 1.82) is 0 Å². The molecule has 0 aliphatic carbocycles. The van der Waals surface area contributed by atoms with Gasteiger partial charge in [0.25, 0.3) is 0 Å². The lowest BCUT2D eigenvalue weighted by molar-refractivity contribution is 0.0855. The summed E-state index contributed by atoms with van der Waals surface area (Å²) >= 11 is 0. The van der Waals surface area contributed by atoms with Crippen LogP contribution in [-0.4, -0.2) is 30.2 Å². The number of hydrogen-bond donors (Lipinski definition) is 1. The third-order valence-corrected chi connectivity index (χ3v) is 4.70. The fourth-order valence-electron chi connectivity index (χ4n) is 3.29. The van der Waals surface area contributed by atoms with Gasteiger partial charge in [0.15, 0.2) is 29.1 Å². The first kappa shape index (κ1) is 15.8. The normalized spacial score (nSPS) is 19.8. The van der Waals surface area contributed by atoms with Crippen LogP contribution in [0.1, 0.15) is 30.1 Å². The smallest absolute Gasteiger partial charge is 0.231 e. The van der Waals surface area contributed by atoms with Crippen molar-refractivity contribution in [2.45, 2.75) is 18.9 Å². The summed E-state index contributed by atoms with van der Waals surface area (Å²) in [7, 11) is 0. The molecule has 27 heavy (non-hydrogen) atoms. The molecule has 3 aliphatic rings. The van der Waals surface area contributed by atoms with Crippen LogP contribution in [0.4, 0.5) is 0 Å². The zero-order chi connectivity index (χ0) is 18.2. The van der Waals surface area contributed by atoms with E-state index in [4.69, 9.17) is 23.8 Å². The molecule has 0 bridgehead atoms. The molecule has 0 saturated carbocycles. The first-order chi connectivity index (χ1) is 13.3. The maximum absolute atomic E-state index is 9.47. The van der Waals surface area contributed by atoms with Gasteiger partial charge in [-0.15, -0.1) is 0 Å². The zero-order valence-electron chi connectivity index (χ0n) is 14.3. The lowest BCUT2D eigenvalue weighted by atomic mass is 9.98. The van der Waals surface area contributed by atoms with Crippen LogP contribution < -0.4 is 18.9 Å². The van der Waals surface area contributed by atoms with Crippen LogP contribution in [0.25, 0.3) is 0 Å². The van der Waals surface area contributed by atoms with Gasteiger partial charge in [-0.1, -0.05) is 16.4 Å². The lowest BCUT2D eigenvalue weighted by Gasteiger charge is -2.09. The first-order valence-electron chi connectivity index (χ1n) is 8.52. The average molecular weight is 368 g/mol. The van der Waals surface area contributed by atoms with Crippen molar-refractivity contribution in [1.82, 2.24) is 0 Å². The third-order valence-electron chi connectivity index (χ3n) is 4.70. The summed E-state index contributed by atoms with van der Waals surface area (Å²) < 4.78 is 21.4. The minimum absolute atomic E-state index is 0.197. The van der Waals surface area contributed by atoms with Crippen molar-refractivity contribution < 1.29 is 29.0 Å². The number of fused-ring (bicyclic) bond motifs is 2. The van der Waals surface area contributed by atoms with Crippen molar-refractivity contribution in [3.8, 4) is 23.0 Å². The van der Waals surface area contributed by atoms with Gasteiger partial charge < -0.3 is 29.0 Å². The second-order valence-electron chi connectivity index (χ2n) is 6.36. The Morgan fingerprint density at radius 3 is 2.44 bits per heavy atom. The van der Waals surface area contributed by atoms with Gasteiger partial charge in [0.2, 0.25) is 13.6 Å². The fraction of sp³-hybridized carbons (Fsp3) is 0.263. The molecule has 138 valence electrons. The van der Waals surface area contributed by atoms with Gasteiger partial charge in [0.1, 0.15) is 0 Å². The molecule has 1 unspecified atom stereocenters. The van der Waals surface area contributed by atoms with Crippen molar-refractivity contribution in [3.63, 3.8) is 0 Å². The summed E-state index contributed by atoms with van der Waals surface area (Å²) in [5, 5.41) is 17.1. The Bertz CT molecular complexity index is 955. The van der Waals surface area contributed by atoms with E-state index in [0.29, 0.717) is 35.8 Å². The molecule has 0 radical (unpaired) electrons. The molecule has 0 aromatic heterocycles. The molecule has 0 amide bonds. The summed E-state index contributed by atoms with van der Waals surface area (Å²) in [6.07, 6.45) is 0.770. The number of nitrogens with zero attached hydrogens (tertiary/aromatic N) is 2. The summed E-state index contributed by atoms with van der Waals surface area (Å²) in [6, 6.07) is 11.1. The van der Waals surface area contributed by atoms with Crippen molar-refractivity contribution in [3.05, 3.63) is 47.5 Å². The van der Waals surface area contributed by atoms with Gasteiger partial charge in [0.05, 0.1) is 11.4 Å². The van der Waals surface area contributed by atoms with Crippen molar-refractivity contribution >= 4 is 11.4 Å². The number of oxime groups is 2. The van der Waals surface area contributed by atoms with E-state index in [9.17, 15) is 5.21 Å². The second kappa shape index (κ2) is 6.39. The predicted octanol–water partition coefficient (Wildman–Crippen LogP) is 3.23. The van der Waals surface area contributed by atoms with E-state index in [0.717, 1.165) is 22.6 Å². The SMILES string of the molecule is O/N=C(\CC1=NOC(c2ccc3c(c2)OCO3)C1)c1ccc2c(c1)OCO2. The topological polar surface area (TPSA) is 91.1 Å². The molecule has 2 aromatic carbocycles. The first-order valence-corrected chi connectivity index (χ1v) is 8.52. The van der Waals surface area contributed by atoms with Gasteiger partial charge in [-0.25, -0.2) is 0 Å². The summed E-state index contributed by atoms with van der Waals surface area (Å²) in [4.78, 5) is 5.58. The molecule has 8 nitrogen and oxygen atoms in total. The Labute approximate surface area is 154 Å². The van der Waals surface area contributed by atoms with Crippen molar-refractivity contribution in [2.75, 3.05) is 13.6 Å². The molecule has 0 spiro atoms. The van der Waals surface area contributed by atoms with Crippen LogP contribution in [0, 0.1) is 0 Å². The van der Waals surface area contributed by atoms with Gasteiger partial charge in [-0.2, -0.15) is 0 Å². The minimum atomic E-state index is -0.203. The summed E-state index contributed by atoms with van der Waals surface area (Å²) in [5.74, 6) is 2.76. The summed E-state index contributed by atoms with van der Waals surface area (Å²) in [5.41, 5.74) is 2.99. The summed E-state index contributed by atoms with van der Waals surface area (Å²) in [6.45, 7) is 0.431. The highest BCUT2D eigenvalue weighted by molar-refractivity contribution is 6.12. The van der Waals surface area contributed by atoms with E-state index < -0.39 is 0 Å². The molecule has 1 N–H and O–H groups in total. The largest absolute Gasteiger partial charge is 0.454 e. The van der Waals surface area contributed by atoms with Crippen LogP contribution in [-0.2, 0) is 4.84 Å². The molecular weight excluding hydrogens is 352 g/mol. The number of benzene rings is 2. The maximum Gasteiger partial charge on any atom is 0.231 e. The molecule has 8 heteroatoms. The molecular formula is C19H16N2O6. The van der Waals surface area contributed by atoms with E-state index in [1.54, 1.807) is 12.1 Å². The highest BCUT2D eigenvalue weighted by Gasteiger charge is 2.27. The number of rotatable bonds is 4. The van der Waals surface area contributed by atoms with Gasteiger partial charge >= 0.3 is 0 Å². The highest BCUT2D eigenvalue weighted by Crippen LogP contribution is 2.38. The van der Waals surface area contributed by atoms with E-state index in [-0.39, 0.29) is 19.7 Å². The van der Waals surface area contributed by atoms with Gasteiger partial charge in [-0.3, -0.25) is 0 Å². The molecule has 3 heterocycles. The van der Waals surface area contributed by atoms with Crippen LogP contribution in [0.3, 0.4) is 0 Å². The molecule has 0 fully saturated rings. The van der Waals surface area contributed by atoms with Crippen LogP contribution in [0.15, 0.2) is 46.7 Å². The molecule has 1 atom stereocenters. The standard InChI is InChI=1S/C19H16N2O6/c22-20-14(11-1-3-15-18(5-11)25-9-23-15)7-13-8-17(27-21-13)12-2-4-16-19(6-12)26-10-24-16/h1-6,17,22H,7-10H2/b20-14+. The average Bonchev–Trinajstić information content (AvgIpc) is 3.44. The van der Waals surface area contributed by atoms with E-state index >= 15 is 0 Å². The van der Waals surface area contributed by atoms with Gasteiger partial charge in [-0.05, 0) is 35.9 Å². The zero-order valence-corrected chi connectivity index (χ0v) is 14.3. The quantitative estimate of drug-likeness (QED) is 0.506. The number of hydrogen-bond acceptors (Lipinski definition) is 8. The van der Waals surface area contributed by atoms with E-state index in [1.807, 2.05) is 24.3 Å². The molecule has 0 saturated heterocycles. The Kier molecular flexibility index (Phi) is 3.74. The highest BCUT2D eigenvalue weighted by atomic mass is 16.7. The van der Waals surface area contributed by atoms with Crippen LogP contribution in [0.2, 0.25) is 0 Å². The minimum Gasteiger partial charge on any atom is -0.454 e. The monoisotopic (exact) mass is 368 g/mol. The second-order valence-corrected chi connectivity index (χ2v) is 6.36. The van der Waals surface area contributed by atoms with Crippen molar-refractivity contribution in [2.24, 2.45) is 10.3 Å². The van der Waals surface area contributed by atoms with E-state index in [1.165, 1.54) is 0 Å². The maximum atomic E-state index is 9.47. The number of ether oxygens (including phenoxy) is 4. The Morgan fingerprint density at radius 2 is 1.67 bits per heavy atom. The fourth-order valence-corrected chi connectivity index (χ4v) is 3.29. The molecule has 2 aromatic rings. The van der Waals surface area contributed by atoms with Crippen LogP contribution in [0.5, 0.6) is 23.0 Å². The molecule has 5 rings (SSSR count). The predicted molar refractivity (Wildman–Crippen MR) is 93.9 cm³/mol. The Balaban J connectivity index is 1.28.